The number of rotatable bonds is 5. The first kappa shape index (κ1) is 24.3. The molecule has 36 heavy (non-hydrogen) atoms. The summed E-state index contributed by atoms with van der Waals surface area (Å²) in [5.41, 5.74) is 1.94. The quantitative estimate of drug-likeness (QED) is 0.263. The fourth-order valence-electron chi connectivity index (χ4n) is 5.02. The van der Waals surface area contributed by atoms with Gasteiger partial charge >= 0.3 is 0 Å². The largest absolute Gasteiger partial charge is 0.309 e. The zero-order valence-electron chi connectivity index (χ0n) is 19.0. The summed E-state index contributed by atoms with van der Waals surface area (Å²) in [4.78, 5) is 22.0. The van der Waals surface area contributed by atoms with Crippen LogP contribution >= 0.6 is 0 Å². The van der Waals surface area contributed by atoms with Crippen LogP contribution in [0.3, 0.4) is 0 Å². The van der Waals surface area contributed by atoms with E-state index < -0.39 is 47.0 Å². The van der Waals surface area contributed by atoms with Gasteiger partial charge in [-0.1, -0.05) is 25.7 Å². The maximum atomic E-state index is 14.1. The molecular formula is C26H21F6N3O. The lowest BCUT2D eigenvalue weighted by Gasteiger charge is -2.22. The number of hydrogen-bond acceptors (Lipinski definition) is 3. The highest BCUT2D eigenvalue weighted by molar-refractivity contribution is 5.92. The highest BCUT2D eigenvalue weighted by Crippen LogP contribution is 2.35. The molecule has 2 aliphatic carbocycles. The number of amides is 1. The van der Waals surface area contributed by atoms with Gasteiger partial charge in [-0.2, -0.15) is 0 Å². The molecule has 1 N–H and O–H groups in total. The van der Waals surface area contributed by atoms with Crippen molar-refractivity contribution in [1.82, 2.24) is 9.97 Å². The van der Waals surface area contributed by atoms with E-state index in [4.69, 9.17) is 4.98 Å². The molecule has 0 bridgehead atoms. The van der Waals surface area contributed by atoms with Crippen LogP contribution in [0.5, 0.6) is 0 Å². The van der Waals surface area contributed by atoms with Crippen LogP contribution in [0.4, 0.5) is 32.2 Å². The third-order valence-electron chi connectivity index (χ3n) is 6.85. The van der Waals surface area contributed by atoms with Gasteiger partial charge in [0.2, 0.25) is 11.7 Å². The maximum Gasteiger partial charge on any atom is 0.230 e. The number of carbonyl (C=O) groups excluding carboxylic acids is 1. The predicted molar refractivity (Wildman–Crippen MR) is 119 cm³/mol. The first-order valence-electron chi connectivity index (χ1n) is 11.7. The number of nitrogens with one attached hydrogen (secondary N) is 1. The summed E-state index contributed by atoms with van der Waals surface area (Å²) >= 11 is 0. The second-order valence-electron chi connectivity index (χ2n) is 9.24. The molecular weight excluding hydrogens is 484 g/mol. The second-order valence-corrected chi connectivity index (χ2v) is 9.24. The van der Waals surface area contributed by atoms with E-state index in [1.165, 1.54) is 12.1 Å². The van der Waals surface area contributed by atoms with Gasteiger partial charge < -0.3 is 5.32 Å². The molecule has 0 saturated heterocycles. The predicted octanol–water partition coefficient (Wildman–Crippen LogP) is 5.99. The van der Waals surface area contributed by atoms with E-state index in [-0.39, 0.29) is 11.6 Å². The number of benzene rings is 2. The molecule has 0 radical (unpaired) electrons. The molecule has 3 aromatic rings. The molecule has 0 aliphatic heterocycles. The summed E-state index contributed by atoms with van der Waals surface area (Å²) in [6.07, 6.45) is 4.43. The zero-order chi connectivity index (χ0) is 25.6. The van der Waals surface area contributed by atoms with Crippen molar-refractivity contribution in [2.75, 3.05) is 5.32 Å². The minimum absolute atomic E-state index is 0.0973. The van der Waals surface area contributed by atoms with Gasteiger partial charge in [0.1, 0.15) is 5.82 Å². The van der Waals surface area contributed by atoms with E-state index in [2.05, 4.69) is 10.3 Å². The summed E-state index contributed by atoms with van der Waals surface area (Å²) in [6, 6.07) is 4.43. The molecule has 5 rings (SSSR count). The van der Waals surface area contributed by atoms with Crippen LogP contribution in [-0.2, 0) is 30.5 Å². The molecule has 1 amide bonds. The van der Waals surface area contributed by atoms with E-state index in [0.717, 1.165) is 36.8 Å². The number of fused-ring (bicyclic) bond motifs is 3. The van der Waals surface area contributed by atoms with E-state index in [9.17, 15) is 31.1 Å². The molecule has 0 spiro atoms. The van der Waals surface area contributed by atoms with Gasteiger partial charge in [-0.3, -0.25) is 4.79 Å². The standard InChI is InChI=1S/C26H21F6N3O/c27-14-6-7-15-13(10-14)5-8-17-25(15)33-18(9-12-3-1-2-4-12)26(34-17)35-19(36)11-16-20(28)22(30)24(32)23(31)21(16)29/h6-7,10,12H,1-5,8-9,11H2,(H,34,35,36). The molecule has 2 aliphatic rings. The van der Waals surface area contributed by atoms with Crippen LogP contribution in [0.2, 0.25) is 0 Å². The van der Waals surface area contributed by atoms with E-state index in [1.807, 2.05) is 0 Å². The number of hydrogen-bond donors (Lipinski definition) is 1. The molecule has 188 valence electrons. The minimum atomic E-state index is -2.28. The Bertz CT molecular complexity index is 1340. The third kappa shape index (κ3) is 4.44. The van der Waals surface area contributed by atoms with E-state index in [0.29, 0.717) is 42.3 Å². The second kappa shape index (κ2) is 9.55. The van der Waals surface area contributed by atoms with E-state index in [1.54, 1.807) is 6.07 Å². The molecule has 0 atom stereocenters. The average Bonchev–Trinajstić information content (AvgIpc) is 3.37. The van der Waals surface area contributed by atoms with Crippen molar-refractivity contribution in [2.24, 2.45) is 5.92 Å². The fourth-order valence-corrected chi connectivity index (χ4v) is 5.02. The van der Waals surface area contributed by atoms with Gasteiger partial charge in [-0.15, -0.1) is 0 Å². The Kier molecular flexibility index (Phi) is 6.44. The number of halogens is 6. The Hall–Kier alpha value is -3.43. The smallest absolute Gasteiger partial charge is 0.230 e. The van der Waals surface area contributed by atoms with Crippen molar-refractivity contribution in [3.05, 3.63) is 75.6 Å². The van der Waals surface area contributed by atoms with Crippen LogP contribution in [0.25, 0.3) is 11.3 Å². The summed E-state index contributed by atoms with van der Waals surface area (Å²) < 4.78 is 82.4. The Morgan fingerprint density at radius 2 is 1.56 bits per heavy atom. The highest BCUT2D eigenvalue weighted by atomic mass is 19.2. The van der Waals surface area contributed by atoms with Crippen LogP contribution in [0.1, 0.15) is 48.2 Å². The lowest BCUT2D eigenvalue weighted by Crippen LogP contribution is -2.22. The molecule has 4 nitrogen and oxygen atoms in total. The van der Waals surface area contributed by atoms with Gasteiger partial charge in [0.15, 0.2) is 29.1 Å². The molecule has 0 unspecified atom stereocenters. The maximum absolute atomic E-state index is 14.1. The SMILES string of the molecule is O=C(Cc1c(F)c(F)c(F)c(F)c1F)Nc1nc2c(nc1CC1CCCC1)-c1ccc(F)cc1CC2. The summed E-state index contributed by atoms with van der Waals surface area (Å²) in [5.74, 6) is -11.5. The monoisotopic (exact) mass is 505 g/mol. The number of anilines is 1. The van der Waals surface area contributed by atoms with Crippen LogP contribution in [0, 0.1) is 40.8 Å². The summed E-state index contributed by atoms with van der Waals surface area (Å²) in [6.45, 7) is 0. The molecule has 10 heteroatoms. The zero-order valence-corrected chi connectivity index (χ0v) is 19.0. The first-order valence-corrected chi connectivity index (χ1v) is 11.7. The molecule has 1 saturated carbocycles. The number of nitrogens with zero attached hydrogens (tertiary/aromatic N) is 2. The van der Waals surface area contributed by atoms with Gasteiger partial charge in [-0.05, 0) is 48.9 Å². The summed E-state index contributed by atoms with van der Waals surface area (Å²) in [7, 11) is 0. The van der Waals surface area contributed by atoms with Crippen molar-refractivity contribution in [3.63, 3.8) is 0 Å². The van der Waals surface area contributed by atoms with Gasteiger partial charge in [0, 0.05) is 11.1 Å². The Morgan fingerprint density at radius 3 is 2.25 bits per heavy atom. The molecule has 1 heterocycles. The highest BCUT2D eigenvalue weighted by Gasteiger charge is 2.29. The Balaban J connectivity index is 1.49. The number of aromatic nitrogens is 2. The topological polar surface area (TPSA) is 54.9 Å². The molecule has 1 fully saturated rings. The number of aryl methyl sites for hydroxylation is 2. The van der Waals surface area contributed by atoms with Crippen molar-refractivity contribution >= 4 is 11.7 Å². The first-order chi connectivity index (χ1) is 17.2. The fraction of sp³-hybridized carbons (Fsp3) is 0.346. The summed E-state index contributed by atoms with van der Waals surface area (Å²) in [5, 5.41) is 2.48. The number of carbonyl (C=O) groups is 1. The van der Waals surface area contributed by atoms with Gasteiger partial charge in [0.05, 0.1) is 23.5 Å². The van der Waals surface area contributed by atoms with E-state index >= 15 is 0 Å². The minimum Gasteiger partial charge on any atom is -0.309 e. The van der Waals surface area contributed by atoms with Gasteiger partial charge in [0.25, 0.3) is 0 Å². The lowest BCUT2D eigenvalue weighted by molar-refractivity contribution is -0.115. The van der Waals surface area contributed by atoms with Gasteiger partial charge in [-0.25, -0.2) is 36.3 Å². The van der Waals surface area contributed by atoms with Crippen molar-refractivity contribution in [1.29, 1.82) is 0 Å². The van der Waals surface area contributed by atoms with Crippen molar-refractivity contribution < 1.29 is 31.1 Å². The molecule has 2 aromatic carbocycles. The normalized spacial score (nSPS) is 15.1. The van der Waals surface area contributed by atoms with Crippen LogP contribution in [-0.4, -0.2) is 15.9 Å². The Labute approximate surface area is 202 Å². The average molecular weight is 505 g/mol. The van der Waals surface area contributed by atoms with Crippen LogP contribution < -0.4 is 5.32 Å². The lowest BCUT2D eigenvalue weighted by atomic mass is 9.91. The van der Waals surface area contributed by atoms with Crippen LogP contribution in [0.15, 0.2) is 18.2 Å². The Morgan fingerprint density at radius 1 is 0.889 bits per heavy atom. The molecule has 1 aromatic heterocycles. The third-order valence-corrected chi connectivity index (χ3v) is 6.85. The van der Waals surface area contributed by atoms with Crippen molar-refractivity contribution in [3.8, 4) is 11.3 Å². The van der Waals surface area contributed by atoms with Crippen molar-refractivity contribution in [2.45, 2.75) is 51.4 Å².